The summed E-state index contributed by atoms with van der Waals surface area (Å²) in [6.45, 7) is 4.11. The first kappa shape index (κ1) is 10.3. The van der Waals surface area contributed by atoms with E-state index in [0.717, 1.165) is 24.5 Å². The summed E-state index contributed by atoms with van der Waals surface area (Å²) in [6, 6.07) is 0. The molecule has 0 atom stereocenters. The highest BCUT2D eigenvalue weighted by Gasteiger charge is 2.16. The van der Waals surface area contributed by atoms with Crippen LogP contribution in [0.1, 0.15) is 19.8 Å². The van der Waals surface area contributed by atoms with Crippen LogP contribution in [0, 0.1) is 5.92 Å². The lowest BCUT2D eigenvalue weighted by Gasteiger charge is -2.22. The Kier molecular flexibility index (Phi) is 3.96. The normalized spacial score (nSPS) is 22.0. The van der Waals surface area contributed by atoms with Gasteiger partial charge < -0.3 is 11.1 Å². The van der Waals surface area contributed by atoms with Gasteiger partial charge in [0.15, 0.2) is 0 Å². The van der Waals surface area contributed by atoms with Gasteiger partial charge in [0.25, 0.3) is 0 Å². The fourth-order valence-electron chi connectivity index (χ4n) is 1.72. The van der Waals surface area contributed by atoms with Crippen molar-refractivity contribution in [1.29, 1.82) is 0 Å². The van der Waals surface area contributed by atoms with Crippen molar-refractivity contribution >= 4 is 5.71 Å². The Bertz CT molecular complexity index is 208. The lowest BCUT2D eigenvalue weighted by Crippen LogP contribution is -2.31. The fraction of sp³-hybridized carbons (Fsp3) is 0.700. The number of piperidine rings is 1. The van der Waals surface area contributed by atoms with Crippen molar-refractivity contribution in [3.05, 3.63) is 11.8 Å². The summed E-state index contributed by atoms with van der Waals surface area (Å²) in [5.74, 6) is 0.602. The Morgan fingerprint density at radius 2 is 2.08 bits per heavy atom. The molecule has 1 aliphatic rings. The summed E-state index contributed by atoms with van der Waals surface area (Å²) in [7, 11) is 1.84. The van der Waals surface area contributed by atoms with Crippen molar-refractivity contribution in [3.63, 3.8) is 0 Å². The van der Waals surface area contributed by atoms with E-state index in [1.807, 2.05) is 20.0 Å². The molecule has 0 spiro atoms. The van der Waals surface area contributed by atoms with Crippen molar-refractivity contribution in [1.82, 2.24) is 5.32 Å². The third kappa shape index (κ3) is 3.19. The zero-order valence-electron chi connectivity index (χ0n) is 8.51. The Morgan fingerprint density at radius 3 is 2.54 bits per heavy atom. The van der Waals surface area contributed by atoms with Crippen LogP contribution < -0.4 is 11.1 Å². The van der Waals surface area contributed by atoms with Crippen LogP contribution in [0.3, 0.4) is 0 Å². The molecular weight excluding hydrogens is 162 g/mol. The molecule has 1 aliphatic heterocycles. The maximum Gasteiger partial charge on any atom is 0.0393 e. The van der Waals surface area contributed by atoms with Gasteiger partial charge in [0, 0.05) is 24.4 Å². The molecule has 3 heteroatoms. The average molecular weight is 181 g/mol. The lowest BCUT2D eigenvalue weighted by atomic mass is 9.92. The van der Waals surface area contributed by atoms with Crippen LogP contribution in [0.5, 0.6) is 0 Å². The molecule has 0 amide bonds. The van der Waals surface area contributed by atoms with Gasteiger partial charge in [-0.25, -0.2) is 0 Å². The van der Waals surface area contributed by atoms with Crippen molar-refractivity contribution in [2.24, 2.45) is 16.6 Å². The van der Waals surface area contributed by atoms with E-state index in [1.54, 1.807) is 0 Å². The molecule has 1 rings (SSSR count). The van der Waals surface area contributed by atoms with Crippen LogP contribution >= 0.6 is 0 Å². The number of rotatable bonds is 2. The summed E-state index contributed by atoms with van der Waals surface area (Å²) < 4.78 is 0. The molecule has 0 aliphatic carbocycles. The zero-order valence-corrected chi connectivity index (χ0v) is 8.51. The second-order valence-electron chi connectivity index (χ2n) is 3.56. The van der Waals surface area contributed by atoms with Gasteiger partial charge in [-0.15, -0.1) is 0 Å². The van der Waals surface area contributed by atoms with Crippen LogP contribution in [-0.2, 0) is 0 Å². The van der Waals surface area contributed by atoms with Gasteiger partial charge in [0.1, 0.15) is 0 Å². The number of aliphatic imine (C=N–C) groups is 1. The van der Waals surface area contributed by atoms with Crippen molar-refractivity contribution in [2.45, 2.75) is 19.8 Å². The minimum atomic E-state index is 0.602. The third-order valence-corrected chi connectivity index (χ3v) is 2.39. The molecule has 0 aromatic heterocycles. The molecule has 0 bridgehead atoms. The fourth-order valence-corrected chi connectivity index (χ4v) is 1.72. The number of hydrogen-bond donors (Lipinski definition) is 2. The van der Waals surface area contributed by atoms with E-state index in [2.05, 4.69) is 10.3 Å². The van der Waals surface area contributed by atoms with Crippen LogP contribution in [0.4, 0.5) is 0 Å². The molecule has 74 valence electrons. The number of nitrogens with zero attached hydrogens (tertiary/aromatic N) is 1. The van der Waals surface area contributed by atoms with E-state index in [0.29, 0.717) is 5.92 Å². The van der Waals surface area contributed by atoms with E-state index >= 15 is 0 Å². The molecule has 3 N–H and O–H groups in total. The second kappa shape index (κ2) is 5.02. The predicted octanol–water partition coefficient (Wildman–Crippen LogP) is 0.919. The van der Waals surface area contributed by atoms with Crippen LogP contribution in [0.25, 0.3) is 0 Å². The zero-order chi connectivity index (χ0) is 9.68. The smallest absolute Gasteiger partial charge is 0.0393 e. The minimum Gasteiger partial charge on any atom is -0.402 e. The van der Waals surface area contributed by atoms with Gasteiger partial charge in [-0.05, 0) is 38.9 Å². The summed E-state index contributed by atoms with van der Waals surface area (Å²) in [5.41, 5.74) is 7.64. The quantitative estimate of drug-likeness (QED) is 0.622. The Balaban J connectivity index is 2.60. The highest BCUT2D eigenvalue weighted by molar-refractivity contribution is 5.97. The van der Waals surface area contributed by atoms with Gasteiger partial charge in [0.05, 0.1) is 0 Å². The Morgan fingerprint density at radius 1 is 1.46 bits per heavy atom. The molecule has 0 radical (unpaired) electrons. The number of hydrogen-bond acceptors (Lipinski definition) is 3. The first-order chi connectivity index (χ1) is 6.24. The summed E-state index contributed by atoms with van der Waals surface area (Å²) >= 11 is 0. The molecule has 0 saturated carbocycles. The average Bonchev–Trinajstić information content (AvgIpc) is 2.15. The largest absolute Gasteiger partial charge is 0.402 e. The van der Waals surface area contributed by atoms with E-state index in [9.17, 15) is 0 Å². The summed E-state index contributed by atoms with van der Waals surface area (Å²) in [4.78, 5) is 4.28. The second-order valence-corrected chi connectivity index (χ2v) is 3.56. The first-order valence-corrected chi connectivity index (χ1v) is 4.85. The molecule has 3 nitrogen and oxygen atoms in total. The van der Waals surface area contributed by atoms with Crippen molar-refractivity contribution < 1.29 is 0 Å². The Hall–Kier alpha value is -0.830. The molecule has 0 unspecified atom stereocenters. The molecule has 0 aromatic rings. The highest BCUT2D eigenvalue weighted by Crippen LogP contribution is 2.14. The number of allylic oxidation sites excluding steroid dienone is 2. The lowest BCUT2D eigenvalue weighted by molar-refractivity contribution is 0.457. The Labute approximate surface area is 80.1 Å². The molecule has 1 heterocycles. The maximum absolute atomic E-state index is 5.64. The molecule has 1 saturated heterocycles. The van der Waals surface area contributed by atoms with Gasteiger partial charge in [-0.3, -0.25) is 4.99 Å². The van der Waals surface area contributed by atoms with E-state index in [4.69, 9.17) is 5.73 Å². The molecule has 0 aromatic carbocycles. The van der Waals surface area contributed by atoms with E-state index < -0.39 is 0 Å². The third-order valence-electron chi connectivity index (χ3n) is 2.39. The van der Waals surface area contributed by atoms with Gasteiger partial charge in [-0.2, -0.15) is 0 Å². The first-order valence-electron chi connectivity index (χ1n) is 4.85. The monoisotopic (exact) mass is 181 g/mol. The minimum absolute atomic E-state index is 0.602. The van der Waals surface area contributed by atoms with Crippen LogP contribution in [0.15, 0.2) is 16.8 Å². The van der Waals surface area contributed by atoms with E-state index in [-0.39, 0.29) is 0 Å². The SMILES string of the molecule is CN=C(/C=C(\C)N)C1CCNCC1. The topological polar surface area (TPSA) is 50.4 Å². The molecular formula is C10H19N3. The van der Waals surface area contributed by atoms with Crippen molar-refractivity contribution in [2.75, 3.05) is 20.1 Å². The van der Waals surface area contributed by atoms with Crippen molar-refractivity contribution in [3.8, 4) is 0 Å². The number of nitrogens with one attached hydrogen (secondary N) is 1. The standard InChI is InChI=1S/C10H19N3/c1-8(11)7-10(12-2)9-3-5-13-6-4-9/h7,9,13H,3-6,11H2,1-2H3/b8-7+,12-10?. The van der Waals surface area contributed by atoms with Gasteiger partial charge >= 0.3 is 0 Å². The van der Waals surface area contributed by atoms with Gasteiger partial charge in [-0.1, -0.05) is 0 Å². The summed E-state index contributed by atoms with van der Waals surface area (Å²) in [6.07, 6.45) is 4.35. The predicted molar refractivity (Wildman–Crippen MR) is 56.9 cm³/mol. The van der Waals surface area contributed by atoms with Crippen LogP contribution in [0.2, 0.25) is 0 Å². The molecule has 13 heavy (non-hydrogen) atoms. The summed E-state index contributed by atoms with van der Waals surface area (Å²) in [5, 5.41) is 3.34. The number of nitrogens with two attached hydrogens (primary N) is 1. The van der Waals surface area contributed by atoms with E-state index in [1.165, 1.54) is 12.8 Å². The molecule has 1 fully saturated rings. The maximum atomic E-state index is 5.64. The highest BCUT2D eigenvalue weighted by atomic mass is 14.9. The van der Waals surface area contributed by atoms with Gasteiger partial charge in [0.2, 0.25) is 0 Å². The van der Waals surface area contributed by atoms with Crippen LogP contribution in [-0.4, -0.2) is 25.8 Å².